The number of carbonyl (C=O) groups is 1. The van der Waals surface area contributed by atoms with E-state index in [1.54, 1.807) is 0 Å². The summed E-state index contributed by atoms with van der Waals surface area (Å²) >= 11 is 0. The van der Waals surface area contributed by atoms with Crippen LogP contribution in [0.1, 0.15) is 25.2 Å². The van der Waals surface area contributed by atoms with Crippen molar-refractivity contribution < 1.29 is 13.9 Å². The molecule has 1 aromatic carbocycles. The van der Waals surface area contributed by atoms with Crippen LogP contribution in [0.15, 0.2) is 34.7 Å². The molecule has 1 aliphatic heterocycles. The van der Waals surface area contributed by atoms with Gasteiger partial charge in [0.2, 0.25) is 11.8 Å². The van der Waals surface area contributed by atoms with Gasteiger partial charge < -0.3 is 19.8 Å². The first-order valence-electron chi connectivity index (χ1n) is 8.83. The fourth-order valence-corrected chi connectivity index (χ4v) is 3.21. The number of urea groups is 1. The maximum absolute atomic E-state index is 12.1. The standard InChI is InChI=1S/C18H22N4O3/c23-18(20-14-9-11-24-16(14)12-6-7-12)19-10-8-15-21-22-17(25-15)13-4-2-1-3-5-13/h1-5,12,14,16H,6-11H2,(H2,19,20,23)/t14-,16+/m0/s1. The molecular formula is C18H22N4O3. The molecule has 0 unspecified atom stereocenters. The summed E-state index contributed by atoms with van der Waals surface area (Å²) in [6.07, 6.45) is 4.01. The Morgan fingerprint density at radius 1 is 1.16 bits per heavy atom. The van der Waals surface area contributed by atoms with E-state index in [0.717, 1.165) is 18.6 Å². The summed E-state index contributed by atoms with van der Waals surface area (Å²) in [6.45, 7) is 1.18. The lowest BCUT2D eigenvalue weighted by atomic mass is 10.1. The Hall–Kier alpha value is -2.41. The van der Waals surface area contributed by atoms with Gasteiger partial charge in [-0.2, -0.15) is 0 Å². The van der Waals surface area contributed by atoms with Crippen molar-refractivity contribution in [3.05, 3.63) is 36.2 Å². The van der Waals surface area contributed by atoms with E-state index in [-0.39, 0.29) is 18.2 Å². The molecule has 2 aromatic rings. The molecule has 2 fully saturated rings. The highest BCUT2D eigenvalue weighted by molar-refractivity contribution is 5.74. The normalized spacial score (nSPS) is 22.7. The molecule has 1 saturated carbocycles. The van der Waals surface area contributed by atoms with Crippen LogP contribution in [0.4, 0.5) is 4.79 Å². The zero-order chi connectivity index (χ0) is 17.1. The van der Waals surface area contributed by atoms with Crippen LogP contribution >= 0.6 is 0 Å². The molecule has 25 heavy (non-hydrogen) atoms. The molecule has 1 aliphatic carbocycles. The lowest BCUT2D eigenvalue weighted by molar-refractivity contribution is 0.0825. The number of hydrogen-bond donors (Lipinski definition) is 2. The van der Waals surface area contributed by atoms with E-state index in [1.165, 1.54) is 12.8 Å². The number of nitrogens with one attached hydrogen (secondary N) is 2. The summed E-state index contributed by atoms with van der Waals surface area (Å²) in [5.41, 5.74) is 0.888. The van der Waals surface area contributed by atoms with E-state index >= 15 is 0 Å². The van der Waals surface area contributed by atoms with Crippen molar-refractivity contribution in [3.63, 3.8) is 0 Å². The number of nitrogens with zero attached hydrogens (tertiary/aromatic N) is 2. The molecule has 0 spiro atoms. The molecule has 2 amide bonds. The summed E-state index contributed by atoms with van der Waals surface area (Å²) in [4.78, 5) is 12.1. The average molecular weight is 342 g/mol. The summed E-state index contributed by atoms with van der Waals surface area (Å²) in [5, 5.41) is 13.9. The Balaban J connectivity index is 1.22. The molecule has 2 aliphatic rings. The summed E-state index contributed by atoms with van der Waals surface area (Å²) in [7, 11) is 0. The first-order chi connectivity index (χ1) is 12.3. The van der Waals surface area contributed by atoms with E-state index in [2.05, 4.69) is 20.8 Å². The van der Waals surface area contributed by atoms with Gasteiger partial charge in [-0.15, -0.1) is 10.2 Å². The first kappa shape index (κ1) is 16.1. The van der Waals surface area contributed by atoms with Gasteiger partial charge in [0.1, 0.15) is 0 Å². The third kappa shape index (κ3) is 3.99. The third-order valence-electron chi connectivity index (χ3n) is 4.65. The highest BCUT2D eigenvalue weighted by Gasteiger charge is 2.41. The van der Waals surface area contributed by atoms with Crippen molar-refractivity contribution >= 4 is 6.03 Å². The van der Waals surface area contributed by atoms with E-state index in [0.29, 0.717) is 30.7 Å². The number of benzene rings is 1. The van der Waals surface area contributed by atoms with Crippen LogP contribution in [0.25, 0.3) is 11.5 Å². The van der Waals surface area contributed by atoms with Gasteiger partial charge in [-0.3, -0.25) is 0 Å². The number of amides is 2. The second-order valence-electron chi connectivity index (χ2n) is 6.59. The van der Waals surface area contributed by atoms with Crippen molar-refractivity contribution in [2.24, 2.45) is 5.92 Å². The van der Waals surface area contributed by atoms with E-state index in [4.69, 9.17) is 9.15 Å². The molecule has 1 aromatic heterocycles. The van der Waals surface area contributed by atoms with Gasteiger partial charge >= 0.3 is 6.03 Å². The van der Waals surface area contributed by atoms with Gasteiger partial charge in [-0.05, 0) is 37.3 Å². The molecule has 0 bridgehead atoms. The highest BCUT2D eigenvalue weighted by atomic mass is 16.5. The van der Waals surface area contributed by atoms with Crippen molar-refractivity contribution in [3.8, 4) is 11.5 Å². The number of rotatable bonds is 6. The first-order valence-corrected chi connectivity index (χ1v) is 8.83. The minimum absolute atomic E-state index is 0.126. The maximum atomic E-state index is 12.1. The predicted molar refractivity (Wildman–Crippen MR) is 90.8 cm³/mol. The number of hydrogen-bond acceptors (Lipinski definition) is 5. The van der Waals surface area contributed by atoms with Crippen LogP contribution in [-0.4, -0.2) is 41.5 Å². The Morgan fingerprint density at radius 2 is 2.00 bits per heavy atom. The topological polar surface area (TPSA) is 89.3 Å². The average Bonchev–Trinajstić information content (AvgIpc) is 3.18. The Bertz CT molecular complexity index is 714. The molecule has 7 heteroatoms. The second-order valence-corrected chi connectivity index (χ2v) is 6.59. The van der Waals surface area contributed by atoms with Crippen molar-refractivity contribution in [1.29, 1.82) is 0 Å². The molecule has 7 nitrogen and oxygen atoms in total. The molecule has 2 atom stereocenters. The number of carbonyl (C=O) groups excluding carboxylic acids is 1. The molecule has 2 N–H and O–H groups in total. The minimum atomic E-state index is -0.163. The van der Waals surface area contributed by atoms with Crippen LogP contribution in [-0.2, 0) is 11.2 Å². The lowest BCUT2D eigenvalue weighted by Crippen LogP contribution is -2.46. The van der Waals surface area contributed by atoms with Crippen molar-refractivity contribution in [1.82, 2.24) is 20.8 Å². The van der Waals surface area contributed by atoms with Crippen LogP contribution in [0.2, 0.25) is 0 Å². The van der Waals surface area contributed by atoms with Gasteiger partial charge in [0.25, 0.3) is 0 Å². The lowest BCUT2D eigenvalue weighted by Gasteiger charge is -2.19. The van der Waals surface area contributed by atoms with E-state index in [1.807, 2.05) is 30.3 Å². The van der Waals surface area contributed by atoms with Gasteiger partial charge in [-0.1, -0.05) is 18.2 Å². The minimum Gasteiger partial charge on any atom is -0.421 e. The van der Waals surface area contributed by atoms with Crippen molar-refractivity contribution in [2.75, 3.05) is 13.2 Å². The van der Waals surface area contributed by atoms with Crippen LogP contribution in [0, 0.1) is 5.92 Å². The largest absolute Gasteiger partial charge is 0.421 e. The predicted octanol–water partition coefficient (Wildman–Crippen LogP) is 2.15. The number of ether oxygens (including phenoxy) is 1. The van der Waals surface area contributed by atoms with Crippen LogP contribution < -0.4 is 10.6 Å². The van der Waals surface area contributed by atoms with Gasteiger partial charge in [-0.25, -0.2) is 4.79 Å². The molecule has 0 radical (unpaired) electrons. The van der Waals surface area contributed by atoms with E-state index in [9.17, 15) is 4.79 Å². The van der Waals surface area contributed by atoms with Crippen LogP contribution in [0.5, 0.6) is 0 Å². The fraction of sp³-hybridized carbons (Fsp3) is 0.500. The molecular weight excluding hydrogens is 320 g/mol. The van der Waals surface area contributed by atoms with Crippen LogP contribution in [0.3, 0.4) is 0 Å². The highest BCUT2D eigenvalue weighted by Crippen LogP contribution is 2.38. The van der Waals surface area contributed by atoms with E-state index < -0.39 is 0 Å². The molecule has 1 saturated heterocycles. The van der Waals surface area contributed by atoms with Gasteiger partial charge in [0.15, 0.2) is 0 Å². The number of aromatic nitrogens is 2. The zero-order valence-corrected chi connectivity index (χ0v) is 14.0. The summed E-state index contributed by atoms with van der Waals surface area (Å²) in [5.74, 6) is 1.64. The molecule has 4 rings (SSSR count). The monoisotopic (exact) mass is 342 g/mol. The molecule has 132 valence electrons. The SMILES string of the molecule is O=C(NCCc1nnc(-c2ccccc2)o1)N[C@H]1CCO[C@@H]1C1CC1. The Kier molecular flexibility index (Phi) is 4.65. The molecule has 2 heterocycles. The fourth-order valence-electron chi connectivity index (χ4n) is 3.21. The quantitative estimate of drug-likeness (QED) is 0.839. The smallest absolute Gasteiger partial charge is 0.315 e. The van der Waals surface area contributed by atoms with Crippen molar-refractivity contribution in [2.45, 2.75) is 37.8 Å². The van der Waals surface area contributed by atoms with Gasteiger partial charge in [0.05, 0.1) is 12.1 Å². The zero-order valence-electron chi connectivity index (χ0n) is 14.0. The van der Waals surface area contributed by atoms with Gasteiger partial charge in [0, 0.05) is 25.1 Å². The summed E-state index contributed by atoms with van der Waals surface area (Å²) in [6, 6.07) is 9.59. The second kappa shape index (κ2) is 7.23. The maximum Gasteiger partial charge on any atom is 0.315 e. The Labute approximate surface area is 146 Å². The summed E-state index contributed by atoms with van der Waals surface area (Å²) < 4.78 is 11.4. The Morgan fingerprint density at radius 3 is 2.80 bits per heavy atom. The third-order valence-corrected chi connectivity index (χ3v) is 4.65.